The number of aryl methyl sites for hydroxylation is 4. The summed E-state index contributed by atoms with van der Waals surface area (Å²) in [5.41, 5.74) is 13.8. The van der Waals surface area contributed by atoms with Gasteiger partial charge in [-0.05, 0) is 105 Å². The maximum atomic E-state index is 15.8. The van der Waals surface area contributed by atoms with E-state index in [1.807, 2.05) is 66.9 Å². The quantitative estimate of drug-likeness (QED) is 0.0723. The summed E-state index contributed by atoms with van der Waals surface area (Å²) in [6.07, 6.45) is 7.81. The van der Waals surface area contributed by atoms with E-state index in [0.29, 0.717) is 75.0 Å². The summed E-state index contributed by atoms with van der Waals surface area (Å²) in [4.78, 5) is 40.8. The first-order valence-electron chi connectivity index (χ1n) is 23.4. The van der Waals surface area contributed by atoms with Gasteiger partial charge in [0.2, 0.25) is 0 Å². The fraction of sp³-hybridized carbons (Fsp3) is 0.0635. The van der Waals surface area contributed by atoms with Gasteiger partial charge in [0.15, 0.2) is 0 Å². The molecule has 0 spiro atoms. The van der Waals surface area contributed by atoms with Crippen LogP contribution in [0.4, 0.5) is 4.39 Å². The maximum Gasteiger partial charge on any atom is 3.00 e. The van der Waals surface area contributed by atoms with E-state index < -0.39 is 11.3 Å². The van der Waals surface area contributed by atoms with Crippen molar-refractivity contribution >= 4 is 43.7 Å². The summed E-state index contributed by atoms with van der Waals surface area (Å²) in [7, 11) is 0. The molecule has 9 heteroatoms. The molecule has 0 saturated carbocycles. The van der Waals surface area contributed by atoms with Crippen LogP contribution in [0.2, 0.25) is 0 Å². The molecule has 12 rings (SSSR count). The minimum absolute atomic E-state index is 0. The first kappa shape index (κ1) is 45.9. The van der Waals surface area contributed by atoms with Gasteiger partial charge in [0.05, 0.1) is 0 Å². The van der Waals surface area contributed by atoms with Crippen LogP contribution in [0, 0.1) is 24.0 Å². The van der Waals surface area contributed by atoms with Gasteiger partial charge in [0.1, 0.15) is 5.82 Å². The minimum Gasteiger partial charge on any atom is -0.472 e. The van der Waals surface area contributed by atoms with Gasteiger partial charge in [-0.1, -0.05) is 108 Å². The van der Waals surface area contributed by atoms with Crippen LogP contribution in [0.25, 0.3) is 99.5 Å². The average Bonchev–Trinajstić information content (AvgIpc) is 3.42. The second-order valence-electron chi connectivity index (χ2n) is 17.6. The fourth-order valence-corrected chi connectivity index (χ4v) is 9.55. The van der Waals surface area contributed by atoms with Crippen molar-refractivity contribution in [2.45, 2.75) is 25.7 Å². The van der Waals surface area contributed by atoms with E-state index >= 15 is 4.39 Å². The molecule has 0 radical (unpaired) electrons. The first-order chi connectivity index (χ1) is 34.9. The van der Waals surface area contributed by atoms with Gasteiger partial charge in [0, 0.05) is 57.1 Å². The Labute approximate surface area is 426 Å². The van der Waals surface area contributed by atoms with Crippen molar-refractivity contribution in [1.82, 2.24) is 15.0 Å². The molecule has 0 amide bonds. The molecule has 72 heavy (non-hydrogen) atoms. The Morgan fingerprint density at radius 3 is 1.60 bits per heavy atom. The zero-order valence-corrected chi connectivity index (χ0v) is 40.8. The SMILES string of the molecule is O=c1oc2ccc[c-]c2c2ncc(CCc3cc(CCc4cnc5c(c4)c(=O)oc4ccc[c-]c45)cc(-c4cc(F)ccc4-c4cnc(-c5[c-]cccc5)cc4-c4ccc(-c5ccccc5)cc4)c3)cc12.[Ir+3]. The second-order valence-corrected chi connectivity index (χ2v) is 17.6. The van der Waals surface area contributed by atoms with Crippen molar-refractivity contribution in [2.24, 2.45) is 0 Å². The normalized spacial score (nSPS) is 11.3. The van der Waals surface area contributed by atoms with Crippen molar-refractivity contribution in [1.29, 1.82) is 0 Å². The van der Waals surface area contributed by atoms with Crippen LogP contribution >= 0.6 is 0 Å². The van der Waals surface area contributed by atoms with Crippen molar-refractivity contribution in [2.75, 3.05) is 0 Å². The summed E-state index contributed by atoms with van der Waals surface area (Å²) in [6, 6.07) is 63.9. The zero-order chi connectivity index (χ0) is 47.8. The van der Waals surface area contributed by atoms with Crippen LogP contribution in [0.5, 0.6) is 0 Å². The number of hydrogen-bond acceptors (Lipinski definition) is 7. The van der Waals surface area contributed by atoms with E-state index in [0.717, 1.165) is 72.5 Å². The van der Waals surface area contributed by atoms with Gasteiger partial charge in [-0.25, -0.2) is 14.0 Å². The van der Waals surface area contributed by atoms with Gasteiger partial charge in [-0.3, -0.25) is 0 Å². The summed E-state index contributed by atoms with van der Waals surface area (Å²) in [6.45, 7) is 0. The fourth-order valence-electron chi connectivity index (χ4n) is 9.55. The van der Waals surface area contributed by atoms with E-state index in [1.54, 1.807) is 54.9 Å². The largest absolute Gasteiger partial charge is 3.00 e. The Balaban J connectivity index is 0.00000560. The number of nitrogens with zero attached hydrogens (tertiary/aromatic N) is 3. The van der Waals surface area contributed by atoms with Gasteiger partial charge in [0.25, 0.3) is 0 Å². The van der Waals surface area contributed by atoms with E-state index in [2.05, 4.69) is 78.9 Å². The molecule has 12 aromatic rings. The number of rotatable bonds is 11. The van der Waals surface area contributed by atoms with Crippen LogP contribution < -0.4 is 11.3 Å². The molecule has 0 aliphatic heterocycles. The molecule has 346 valence electrons. The molecule has 0 saturated heterocycles. The van der Waals surface area contributed by atoms with Gasteiger partial charge in [-0.15, -0.1) is 84.4 Å². The first-order valence-corrected chi connectivity index (χ1v) is 23.4. The molecule has 0 fully saturated rings. The third-order valence-corrected chi connectivity index (χ3v) is 13.1. The number of pyridine rings is 3. The number of aromatic nitrogens is 3. The Morgan fingerprint density at radius 2 is 0.986 bits per heavy atom. The van der Waals surface area contributed by atoms with Crippen molar-refractivity contribution < 1.29 is 33.3 Å². The molecule has 0 aliphatic rings. The van der Waals surface area contributed by atoms with Crippen molar-refractivity contribution in [3.63, 3.8) is 0 Å². The molecule has 0 N–H and O–H groups in total. The zero-order valence-electron chi connectivity index (χ0n) is 38.4. The van der Waals surface area contributed by atoms with Crippen molar-refractivity contribution in [3.05, 3.63) is 256 Å². The molecule has 0 aliphatic carbocycles. The van der Waals surface area contributed by atoms with Crippen LogP contribution in [0.15, 0.2) is 207 Å². The topological polar surface area (TPSA) is 99.1 Å². The Bertz CT molecular complexity index is 3970. The molecule has 7 nitrogen and oxygen atoms in total. The molecule has 0 atom stereocenters. The van der Waals surface area contributed by atoms with Crippen LogP contribution in [0.1, 0.15) is 22.3 Å². The number of benzene rings is 7. The average molecular weight is 1110 g/mol. The summed E-state index contributed by atoms with van der Waals surface area (Å²) in [5.74, 6) is -0.371. The van der Waals surface area contributed by atoms with Crippen LogP contribution in [-0.4, -0.2) is 15.0 Å². The predicted molar refractivity (Wildman–Crippen MR) is 278 cm³/mol. The van der Waals surface area contributed by atoms with Crippen LogP contribution in [-0.2, 0) is 45.8 Å². The molecular formula is C63H39FIrN3O4. The van der Waals surface area contributed by atoms with Gasteiger partial charge < -0.3 is 23.8 Å². The van der Waals surface area contributed by atoms with Gasteiger partial charge >= 0.3 is 31.4 Å². The predicted octanol–water partition coefficient (Wildman–Crippen LogP) is 13.8. The number of hydrogen-bond donors (Lipinski definition) is 0. The molecule has 5 aromatic heterocycles. The maximum absolute atomic E-state index is 15.8. The second kappa shape index (κ2) is 19.7. The molecular weight excluding hydrogens is 1070 g/mol. The van der Waals surface area contributed by atoms with E-state index in [4.69, 9.17) is 23.8 Å². The Hall–Kier alpha value is -8.49. The number of halogens is 1. The van der Waals surface area contributed by atoms with E-state index in [1.165, 1.54) is 6.07 Å². The van der Waals surface area contributed by atoms with E-state index in [9.17, 15) is 9.59 Å². The number of fused-ring (bicyclic) bond motifs is 6. The molecule has 0 bridgehead atoms. The third kappa shape index (κ3) is 9.08. The molecule has 7 aromatic carbocycles. The third-order valence-electron chi connectivity index (χ3n) is 13.1. The Morgan fingerprint density at radius 1 is 0.431 bits per heavy atom. The van der Waals surface area contributed by atoms with Gasteiger partial charge in [-0.2, -0.15) is 0 Å². The monoisotopic (exact) mass is 1110 g/mol. The summed E-state index contributed by atoms with van der Waals surface area (Å²) < 4.78 is 27.1. The smallest absolute Gasteiger partial charge is 0.472 e. The van der Waals surface area contributed by atoms with Crippen LogP contribution in [0.3, 0.4) is 0 Å². The standard InChI is InChI=1S/C63H39FN3O4.Ir/c64-48-27-28-49(56-38-65-57(46-13-5-2-6-14-46)35-53(56)45-25-23-44(24-26-45)43-11-3-1-4-12-43)52(34-48)47-30-39(19-21-41-32-54-60(66-36-41)50-15-7-9-17-58(50)70-62(54)68)29-40(31-47)20-22-42-33-55-61(67-37-42)51-16-8-10-18-59(51)71-63(55)69;/h1-13,17-18,23-38H,19-22H2;/q-3;+3. The van der Waals surface area contributed by atoms with E-state index in [-0.39, 0.29) is 25.9 Å². The summed E-state index contributed by atoms with van der Waals surface area (Å²) >= 11 is 0. The summed E-state index contributed by atoms with van der Waals surface area (Å²) in [5, 5.41) is 2.11. The molecule has 0 unspecified atom stereocenters. The minimum atomic E-state index is -0.451. The van der Waals surface area contributed by atoms with Crippen molar-refractivity contribution in [3.8, 4) is 55.8 Å². The Kier molecular flexibility index (Phi) is 12.6. The molecule has 5 heterocycles.